The fourth-order valence-electron chi connectivity index (χ4n) is 4.05. The molecule has 3 aromatic carbocycles. The Morgan fingerprint density at radius 1 is 0.811 bits per heavy atom. The quantitative estimate of drug-likeness (QED) is 0.461. The third-order valence-electron chi connectivity index (χ3n) is 5.99. The number of ether oxygens (including phenoxy) is 2. The van der Waals surface area contributed by atoms with Crippen molar-refractivity contribution in [3.63, 3.8) is 0 Å². The molecule has 12 heteroatoms. The number of nitrogens with zero attached hydrogens (tertiary/aromatic N) is 2. The van der Waals surface area contributed by atoms with Crippen LogP contribution >= 0.6 is 0 Å². The van der Waals surface area contributed by atoms with Crippen LogP contribution in [0.4, 0.5) is 5.69 Å². The van der Waals surface area contributed by atoms with E-state index in [0.29, 0.717) is 11.5 Å². The number of hydrogen-bond acceptors (Lipinski definition) is 7. The molecule has 0 aromatic heterocycles. The molecule has 0 radical (unpaired) electrons. The first-order valence-corrected chi connectivity index (χ1v) is 14.2. The summed E-state index contributed by atoms with van der Waals surface area (Å²) >= 11 is 0. The van der Waals surface area contributed by atoms with Gasteiger partial charge in [-0.3, -0.25) is 4.79 Å². The zero-order chi connectivity index (χ0) is 26.6. The first-order chi connectivity index (χ1) is 17.7. The van der Waals surface area contributed by atoms with Crippen LogP contribution in [0.3, 0.4) is 0 Å². The highest BCUT2D eigenvalue weighted by Crippen LogP contribution is 2.31. The van der Waals surface area contributed by atoms with Gasteiger partial charge in [-0.1, -0.05) is 36.4 Å². The molecule has 4 rings (SSSR count). The van der Waals surface area contributed by atoms with Crippen LogP contribution < -0.4 is 14.8 Å². The second-order valence-corrected chi connectivity index (χ2v) is 12.0. The molecule has 1 amide bonds. The van der Waals surface area contributed by atoms with Crippen molar-refractivity contribution in [2.24, 2.45) is 0 Å². The molecule has 1 aliphatic heterocycles. The number of benzene rings is 3. The Morgan fingerprint density at radius 2 is 1.41 bits per heavy atom. The van der Waals surface area contributed by atoms with Gasteiger partial charge in [0, 0.05) is 25.7 Å². The molecule has 0 spiro atoms. The average molecular weight is 546 g/mol. The van der Waals surface area contributed by atoms with Crippen molar-refractivity contribution in [2.45, 2.75) is 15.8 Å². The molecule has 0 unspecified atom stereocenters. The third kappa shape index (κ3) is 5.47. The van der Waals surface area contributed by atoms with E-state index >= 15 is 0 Å². The molecule has 3 aromatic rings. The monoisotopic (exact) mass is 545 g/mol. The summed E-state index contributed by atoms with van der Waals surface area (Å²) < 4.78 is 66.4. The number of nitrogens with one attached hydrogen (secondary N) is 1. The lowest BCUT2D eigenvalue weighted by Gasteiger charge is -2.39. The first kappa shape index (κ1) is 26.6. The van der Waals surface area contributed by atoms with Crippen LogP contribution in [0.1, 0.15) is 0 Å². The maximum absolute atomic E-state index is 13.6. The summed E-state index contributed by atoms with van der Waals surface area (Å²) in [6.45, 7) is -0.687. The van der Waals surface area contributed by atoms with E-state index in [1.54, 1.807) is 54.6 Å². The highest BCUT2D eigenvalue weighted by molar-refractivity contribution is 7.89. The Hall–Kier alpha value is -3.45. The van der Waals surface area contributed by atoms with E-state index in [9.17, 15) is 21.6 Å². The highest BCUT2D eigenvalue weighted by atomic mass is 32.2. The summed E-state index contributed by atoms with van der Waals surface area (Å²) in [5, 5.41) is 2.70. The van der Waals surface area contributed by atoms with Crippen molar-refractivity contribution in [2.75, 3.05) is 39.2 Å². The van der Waals surface area contributed by atoms with Gasteiger partial charge in [0.25, 0.3) is 0 Å². The van der Waals surface area contributed by atoms with E-state index in [-0.39, 0.29) is 35.1 Å². The van der Waals surface area contributed by atoms with Gasteiger partial charge in [0.15, 0.2) is 0 Å². The van der Waals surface area contributed by atoms with E-state index in [0.717, 1.165) is 8.61 Å². The van der Waals surface area contributed by atoms with Crippen molar-refractivity contribution in [1.29, 1.82) is 0 Å². The third-order valence-corrected chi connectivity index (χ3v) is 9.80. The molecular formula is C25H27N3O7S2. The van der Waals surface area contributed by atoms with E-state index in [1.807, 2.05) is 0 Å². The first-order valence-electron chi connectivity index (χ1n) is 11.3. The Kier molecular flexibility index (Phi) is 7.83. The lowest BCUT2D eigenvalue weighted by molar-refractivity contribution is -0.120. The minimum absolute atomic E-state index is 0.00851. The largest absolute Gasteiger partial charge is 0.497 e. The van der Waals surface area contributed by atoms with E-state index in [1.165, 1.54) is 38.5 Å². The maximum Gasteiger partial charge on any atom is 0.244 e. The predicted molar refractivity (Wildman–Crippen MR) is 137 cm³/mol. The number of carbonyl (C=O) groups is 1. The van der Waals surface area contributed by atoms with Crippen molar-refractivity contribution in [3.05, 3.63) is 78.9 Å². The van der Waals surface area contributed by atoms with E-state index < -0.39 is 32.0 Å². The molecule has 196 valence electrons. The molecule has 0 aliphatic carbocycles. The zero-order valence-corrected chi connectivity index (χ0v) is 21.9. The number of piperazine rings is 1. The number of sulfonamides is 2. The molecule has 1 atom stereocenters. The minimum Gasteiger partial charge on any atom is -0.497 e. The van der Waals surface area contributed by atoms with Gasteiger partial charge in [-0.2, -0.15) is 8.61 Å². The summed E-state index contributed by atoms with van der Waals surface area (Å²) in [6, 6.07) is 18.9. The van der Waals surface area contributed by atoms with Gasteiger partial charge in [0.1, 0.15) is 17.5 Å². The summed E-state index contributed by atoms with van der Waals surface area (Å²) in [5.74, 6) is 0.103. The lowest BCUT2D eigenvalue weighted by atomic mass is 10.2. The van der Waals surface area contributed by atoms with Gasteiger partial charge in [0.05, 0.1) is 29.7 Å². The van der Waals surface area contributed by atoms with E-state index in [4.69, 9.17) is 9.47 Å². The van der Waals surface area contributed by atoms with Crippen molar-refractivity contribution >= 4 is 31.6 Å². The molecule has 0 bridgehead atoms. The number of carbonyl (C=O) groups excluding carboxylic acids is 1. The second-order valence-electron chi connectivity index (χ2n) is 8.18. The standard InChI is InChI=1S/C25H27N3O7S2/c1-34-19-13-14-22(24(17-19)35-2)26-25(29)23-18-27(36(30,31)20-9-5-3-6-10-20)15-16-28(23)37(32,33)21-11-7-4-8-12-21/h3-14,17,23H,15-16,18H2,1-2H3,(H,26,29)/t23-/m0/s1. The number of anilines is 1. The molecule has 10 nitrogen and oxygen atoms in total. The van der Waals surface area contributed by atoms with Gasteiger partial charge in [0.2, 0.25) is 26.0 Å². The second kappa shape index (κ2) is 10.9. The minimum atomic E-state index is -4.11. The Bertz CT molecular complexity index is 1460. The van der Waals surface area contributed by atoms with Crippen LogP contribution in [0.25, 0.3) is 0 Å². The van der Waals surface area contributed by atoms with Crippen LogP contribution in [-0.2, 0) is 24.8 Å². The van der Waals surface area contributed by atoms with Crippen LogP contribution in [0.5, 0.6) is 11.5 Å². The fourth-order valence-corrected chi connectivity index (χ4v) is 7.10. The summed E-state index contributed by atoms with van der Waals surface area (Å²) in [5.41, 5.74) is 0.286. The van der Waals surface area contributed by atoms with Crippen LogP contribution in [0.15, 0.2) is 88.7 Å². The van der Waals surface area contributed by atoms with Crippen LogP contribution in [0, 0.1) is 0 Å². The number of amides is 1. The lowest BCUT2D eigenvalue weighted by Crippen LogP contribution is -2.60. The average Bonchev–Trinajstić information content (AvgIpc) is 2.93. The van der Waals surface area contributed by atoms with Gasteiger partial charge in [-0.05, 0) is 36.4 Å². The van der Waals surface area contributed by atoms with Gasteiger partial charge < -0.3 is 14.8 Å². The fraction of sp³-hybridized carbons (Fsp3) is 0.240. The number of methoxy groups -OCH3 is 2. The normalized spacial score (nSPS) is 17.2. The molecule has 0 saturated carbocycles. The van der Waals surface area contributed by atoms with Crippen molar-refractivity contribution < 1.29 is 31.1 Å². The van der Waals surface area contributed by atoms with Crippen LogP contribution in [0.2, 0.25) is 0 Å². The maximum atomic E-state index is 13.6. The topological polar surface area (TPSA) is 122 Å². The Balaban J connectivity index is 1.70. The highest BCUT2D eigenvalue weighted by Gasteiger charge is 2.43. The van der Waals surface area contributed by atoms with Gasteiger partial charge >= 0.3 is 0 Å². The molecule has 1 N–H and O–H groups in total. The van der Waals surface area contributed by atoms with E-state index in [2.05, 4.69) is 5.32 Å². The molecular weight excluding hydrogens is 518 g/mol. The molecule has 1 saturated heterocycles. The van der Waals surface area contributed by atoms with Gasteiger partial charge in [-0.15, -0.1) is 0 Å². The predicted octanol–water partition coefficient (Wildman–Crippen LogP) is 2.41. The SMILES string of the molecule is COc1ccc(NC(=O)[C@@H]2CN(S(=O)(=O)c3ccccc3)CCN2S(=O)(=O)c2ccccc2)c(OC)c1. The molecule has 1 fully saturated rings. The summed E-state index contributed by atoms with van der Waals surface area (Å²) in [4.78, 5) is 13.6. The Morgan fingerprint density at radius 3 is 1.97 bits per heavy atom. The van der Waals surface area contributed by atoms with Crippen molar-refractivity contribution in [3.8, 4) is 11.5 Å². The Labute approximate surface area is 216 Å². The van der Waals surface area contributed by atoms with Crippen LogP contribution in [-0.4, -0.2) is 71.2 Å². The molecule has 1 heterocycles. The number of hydrogen-bond donors (Lipinski definition) is 1. The zero-order valence-electron chi connectivity index (χ0n) is 20.3. The number of rotatable bonds is 8. The van der Waals surface area contributed by atoms with Gasteiger partial charge in [-0.25, -0.2) is 16.8 Å². The van der Waals surface area contributed by atoms with Crippen molar-refractivity contribution in [1.82, 2.24) is 8.61 Å². The summed E-state index contributed by atoms with van der Waals surface area (Å²) in [7, 11) is -5.16. The smallest absolute Gasteiger partial charge is 0.244 e. The molecule has 37 heavy (non-hydrogen) atoms. The molecule has 1 aliphatic rings. The summed E-state index contributed by atoms with van der Waals surface area (Å²) in [6.07, 6.45) is 0.